The molecule has 0 aromatic rings. The number of fused-ring (bicyclic) bond motifs is 3. The molecule has 3 aliphatic carbocycles. The van der Waals surface area contributed by atoms with Crippen molar-refractivity contribution in [3.05, 3.63) is 0 Å². The lowest BCUT2D eigenvalue weighted by atomic mass is 9.46. The minimum Gasteiger partial charge on any atom is -0.303 e. The summed E-state index contributed by atoms with van der Waals surface area (Å²) in [7, 11) is 0. The van der Waals surface area contributed by atoms with Crippen LogP contribution in [0.3, 0.4) is 0 Å². The molecule has 23 heavy (non-hydrogen) atoms. The Balaban J connectivity index is 1.81. The van der Waals surface area contributed by atoms with Crippen molar-refractivity contribution < 1.29 is 4.79 Å². The molecule has 3 saturated carbocycles. The maximum atomic E-state index is 11.7. The smallest absolute Gasteiger partial charge is 0.123 e. The van der Waals surface area contributed by atoms with Crippen LogP contribution in [0.5, 0.6) is 0 Å². The highest BCUT2D eigenvalue weighted by atomic mass is 16.1. The summed E-state index contributed by atoms with van der Waals surface area (Å²) in [4.78, 5) is 11.7. The van der Waals surface area contributed by atoms with Crippen LogP contribution in [-0.2, 0) is 4.79 Å². The first-order valence-electron chi connectivity index (χ1n) is 10.6. The van der Waals surface area contributed by atoms with Crippen LogP contribution in [0.1, 0.15) is 91.4 Å². The summed E-state index contributed by atoms with van der Waals surface area (Å²) in [5.74, 6) is 5.06. The van der Waals surface area contributed by atoms with Crippen LogP contribution in [0.4, 0.5) is 0 Å². The molecule has 1 heteroatoms. The molecule has 0 heterocycles. The number of carbonyl (C=O) groups excluding carboxylic acids is 1. The summed E-state index contributed by atoms with van der Waals surface area (Å²) in [5, 5.41) is 0. The van der Waals surface area contributed by atoms with Crippen molar-refractivity contribution >= 4 is 6.29 Å². The molecule has 0 bridgehead atoms. The first-order chi connectivity index (χ1) is 11.2. The molecule has 0 spiro atoms. The number of hydrogen-bond acceptors (Lipinski definition) is 1. The Hall–Kier alpha value is -0.330. The van der Waals surface area contributed by atoms with Crippen LogP contribution in [0, 0.1) is 40.9 Å². The lowest BCUT2D eigenvalue weighted by molar-refractivity contribution is -0.131. The fraction of sp³-hybridized carbons (Fsp3) is 0.955. The molecule has 0 aromatic heterocycles. The fourth-order valence-corrected chi connectivity index (χ4v) is 7.09. The Bertz CT molecular complexity index is 403. The molecule has 7 atom stereocenters. The van der Waals surface area contributed by atoms with Crippen LogP contribution in [-0.4, -0.2) is 6.29 Å². The van der Waals surface area contributed by atoms with Crippen LogP contribution in [0.25, 0.3) is 0 Å². The van der Waals surface area contributed by atoms with E-state index in [1.165, 1.54) is 70.5 Å². The second kappa shape index (κ2) is 7.28. The molecule has 0 N–H and O–H groups in total. The van der Waals surface area contributed by atoms with Crippen molar-refractivity contribution in [3.8, 4) is 0 Å². The van der Waals surface area contributed by atoms with Gasteiger partial charge in [-0.25, -0.2) is 0 Å². The number of hydrogen-bond donors (Lipinski definition) is 0. The highest BCUT2D eigenvalue weighted by molar-refractivity contribution is 5.55. The molecule has 0 amide bonds. The minimum absolute atomic E-state index is 0.329. The van der Waals surface area contributed by atoms with Gasteiger partial charge in [0.2, 0.25) is 0 Å². The summed E-state index contributed by atoms with van der Waals surface area (Å²) in [6.07, 6.45) is 16.4. The normalized spacial score (nSPS) is 46.7. The van der Waals surface area contributed by atoms with E-state index in [1.807, 2.05) is 0 Å². The van der Waals surface area contributed by atoms with Gasteiger partial charge in [0.1, 0.15) is 6.29 Å². The van der Waals surface area contributed by atoms with Crippen molar-refractivity contribution in [1.82, 2.24) is 0 Å². The van der Waals surface area contributed by atoms with Gasteiger partial charge in [-0.1, -0.05) is 46.5 Å². The van der Waals surface area contributed by atoms with E-state index in [9.17, 15) is 4.79 Å². The van der Waals surface area contributed by atoms with Crippen LogP contribution >= 0.6 is 0 Å². The predicted octanol–water partition coefficient (Wildman–Crippen LogP) is 6.26. The summed E-state index contributed by atoms with van der Waals surface area (Å²) >= 11 is 0. The van der Waals surface area contributed by atoms with Gasteiger partial charge in [-0.2, -0.15) is 0 Å². The third-order valence-electron chi connectivity index (χ3n) is 8.41. The Morgan fingerprint density at radius 1 is 1.04 bits per heavy atom. The van der Waals surface area contributed by atoms with Gasteiger partial charge in [0.25, 0.3) is 0 Å². The molecule has 3 rings (SSSR count). The predicted molar refractivity (Wildman–Crippen MR) is 97.2 cm³/mol. The largest absolute Gasteiger partial charge is 0.303 e. The first kappa shape index (κ1) is 17.5. The zero-order valence-corrected chi connectivity index (χ0v) is 15.7. The quantitative estimate of drug-likeness (QED) is 0.547. The first-order valence-corrected chi connectivity index (χ1v) is 10.6. The van der Waals surface area contributed by atoms with E-state index in [-0.39, 0.29) is 0 Å². The van der Waals surface area contributed by atoms with E-state index < -0.39 is 0 Å². The van der Waals surface area contributed by atoms with Crippen LogP contribution in [0.15, 0.2) is 0 Å². The van der Waals surface area contributed by atoms with E-state index in [0.717, 1.165) is 36.0 Å². The maximum Gasteiger partial charge on any atom is 0.123 e. The number of aldehydes is 1. The zero-order valence-electron chi connectivity index (χ0n) is 15.7. The van der Waals surface area contributed by atoms with Crippen molar-refractivity contribution in [3.63, 3.8) is 0 Å². The number of carbonyl (C=O) groups is 1. The molecule has 0 aliphatic heterocycles. The van der Waals surface area contributed by atoms with Crippen molar-refractivity contribution in [2.45, 2.75) is 91.4 Å². The average Bonchev–Trinajstić information content (AvgIpc) is 2.58. The van der Waals surface area contributed by atoms with Crippen molar-refractivity contribution in [1.29, 1.82) is 0 Å². The summed E-state index contributed by atoms with van der Waals surface area (Å²) < 4.78 is 0. The molecule has 3 aliphatic rings. The standard InChI is InChI=1S/C22H38O/c1-4-6-9-18-16(5-2)11-12-20-19(18)13-14-22(3)17(15-23)8-7-10-21(20)22/h15-21H,4-14H2,1-3H3. The molecule has 7 unspecified atom stereocenters. The fourth-order valence-electron chi connectivity index (χ4n) is 7.09. The van der Waals surface area contributed by atoms with Gasteiger partial charge in [-0.15, -0.1) is 0 Å². The zero-order chi connectivity index (χ0) is 16.4. The summed E-state index contributed by atoms with van der Waals surface area (Å²) in [5.41, 5.74) is 0.329. The lowest BCUT2D eigenvalue weighted by Gasteiger charge is -2.59. The van der Waals surface area contributed by atoms with Crippen molar-refractivity contribution in [2.75, 3.05) is 0 Å². The second-order valence-electron chi connectivity index (χ2n) is 9.20. The van der Waals surface area contributed by atoms with Crippen LogP contribution in [0.2, 0.25) is 0 Å². The summed E-state index contributed by atoms with van der Waals surface area (Å²) in [6.45, 7) is 7.23. The van der Waals surface area contributed by atoms with Gasteiger partial charge in [-0.05, 0) is 80.0 Å². The topological polar surface area (TPSA) is 17.1 Å². The van der Waals surface area contributed by atoms with Crippen molar-refractivity contribution in [2.24, 2.45) is 40.9 Å². The third-order valence-corrected chi connectivity index (χ3v) is 8.41. The Morgan fingerprint density at radius 3 is 2.57 bits per heavy atom. The Morgan fingerprint density at radius 2 is 1.87 bits per heavy atom. The van der Waals surface area contributed by atoms with Gasteiger partial charge < -0.3 is 4.79 Å². The van der Waals surface area contributed by atoms with E-state index in [0.29, 0.717) is 11.3 Å². The SMILES string of the molecule is CCCCC1C(CC)CCC2C1CCC1(C)C(C=O)CCCC21. The molecule has 0 aromatic carbocycles. The molecule has 0 radical (unpaired) electrons. The van der Waals surface area contributed by atoms with E-state index >= 15 is 0 Å². The van der Waals surface area contributed by atoms with Gasteiger partial charge in [0.15, 0.2) is 0 Å². The highest BCUT2D eigenvalue weighted by Crippen LogP contribution is 2.61. The monoisotopic (exact) mass is 318 g/mol. The van der Waals surface area contributed by atoms with Gasteiger partial charge in [-0.3, -0.25) is 0 Å². The molecule has 132 valence electrons. The molecule has 1 nitrogen and oxygen atoms in total. The van der Waals surface area contributed by atoms with E-state index in [1.54, 1.807) is 0 Å². The molecular weight excluding hydrogens is 280 g/mol. The number of rotatable bonds is 5. The number of unbranched alkanes of at least 4 members (excludes halogenated alkanes) is 1. The minimum atomic E-state index is 0.329. The Labute approximate surface area is 144 Å². The lowest BCUT2D eigenvalue weighted by Crippen LogP contribution is -2.52. The molecule has 3 fully saturated rings. The van der Waals surface area contributed by atoms with E-state index in [4.69, 9.17) is 0 Å². The van der Waals surface area contributed by atoms with Gasteiger partial charge in [0.05, 0.1) is 0 Å². The van der Waals surface area contributed by atoms with Crippen LogP contribution < -0.4 is 0 Å². The molecule has 0 saturated heterocycles. The van der Waals surface area contributed by atoms with E-state index in [2.05, 4.69) is 20.8 Å². The highest BCUT2D eigenvalue weighted by Gasteiger charge is 2.54. The van der Waals surface area contributed by atoms with Gasteiger partial charge in [0, 0.05) is 5.92 Å². The second-order valence-corrected chi connectivity index (χ2v) is 9.20. The van der Waals surface area contributed by atoms with Gasteiger partial charge >= 0.3 is 0 Å². The maximum absolute atomic E-state index is 11.7. The third kappa shape index (κ3) is 3.02. The Kier molecular flexibility index (Phi) is 5.53. The summed E-state index contributed by atoms with van der Waals surface area (Å²) in [6, 6.07) is 0. The average molecular weight is 319 g/mol. The molecular formula is C22H38O.